The molecule has 2 N–H and O–H groups in total. The molecular formula is C14H22N4. The molecule has 0 bridgehead atoms. The van der Waals surface area contributed by atoms with Crippen LogP contribution in [0.4, 0.5) is 0 Å². The molecule has 0 unspecified atom stereocenters. The van der Waals surface area contributed by atoms with E-state index in [0.29, 0.717) is 6.54 Å². The highest BCUT2D eigenvalue weighted by Gasteiger charge is 1.96. The summed E-state index contributed by atoms with van der Waals surface area (Å²) in [7, 11) is 0. The summed E-state index contributed by atoms with van der Waals surface area (Å²) in [5.41, 5.74) is 0.975. The van der Waals surface area contributed by atoms with Gasteiger partial charge in [-0.1, -0.05) is 18.2 Å². The van der Waals surface area contributed by atoms with E-state index in [4.69, 9.17) is 0 Å². The molecule has 1 rings (SSSR count). The normalized spacial score (nSPS) is 11.8. The summed E-state index contributed by atoms with van der Waals surface area (Å²) in [6.07, 6.45) is 6.98. The van der Waals surface area contributed by atoms with Gasteiger partial charge in [-0.15, -0.1) is 0 Å². The molecule has 18 heavy (non-hydrogen) atoms. The maximum atomic E-state index is 4.49. The maximum Gasteiger partial charge on any atom is 0.191 e. The van der Waals surface area contributed by atoms with E-state index in [1.165, 1.54) is 0 Å². The van der Waals surface area contributed by atoms with Crippen LogP contribution in [-0.2, 0) is 6.54 Å². The van der Waals surface area contributed by atoms with E-state index in [-0.39, 0.29) is 0 Å². The number of pyridine rings is 1. The van der Waals surface area contributed by atoms with Gasteiger partial charge in [0.25, 0.3) is 0 Å². The lowest BCUT2D eigenvalue weighted by Gasteiger charge is -2.10. The summed E-state index contributed by atoms with van der Waals surface area (Å²) in [5.74, 6) is 0.840. The molecule has 0 aliphatic carbocycles. The molecule has 1 aromatic rings. The molecule has 4 nitrogen and oxygen atoms in total. The highest BCUT2D eigenvalue weighted by atomic mass is 15.2. The maximum absolute atomic E-state index is 4.49. The lowest BCUT2D eigenvalue weighted by atomic mass is 10.3. The van der Waals surface area contributed by atoms with E-state index in [1.54, 1.807) is 6.20 Å². The van der Waals surface area contributed by atoms with Gasteiger partial charge in [-0.2, -0.15) is 0 Å². The summed E-state index contributed by atoms with van der Waals surface area (Å²) in [6.45, 7) is 6.43. The van der Waals surface area contributed by atoms with Crippen LogP contribution in [0.25, 0.3) is 0 Å². The van der Waals surface area contributed by atoms with Gasteiger partial charge in [-0.05, 0) is 32.4 Å². The van der Waals surface area contributed by atoms with Crippen molar-refractivity contribution in [1.29, 1.82) is 0 Å². The topological polar surface area (TPSA) is 49.3 Å². The molecule has 1 heterocycles. The Labute approximate surface area is 109 Å². The fraction of sp³-hybridized carbons (Fsp3) is 0.429. The average Bonchev–Trinajstić information content (AvgIpc) is 2.42. The van der Waals surface area contributed by atoms with Gasteiger partial charge in [0.05, 0.1) is 12.2 Å². The number of hydrogen-bond acceptors (Lipinski definition) is 2. The monoisotopic (exact) mass is 246 g/mol. The molecule has 0 spiro atoms. The standard InChI is InChI=1S/C14H22N4/c1-3-5-7-11-17-14(15-4-2)18-12-13-9-6-8-10-16-13/h3,5-6,8-10H,4,7,11-12H2,1-2H3,(H2,15,17,18). The van der Waals surface area contributed by atoms with Crippen molar-refractivity contribution in [3.63, 3.8) is 0 Å². The van der Waals surface area contributed by atoms with Crippen molar-refractivity contribution >= 4 is 5.96 Å². The van der Waals surface area contributed by atoms with E-state index in [1.807, 2.05) is 25.1 Å². The van der Waals surface area contributed by atoms with Gasteiger partial charge in [-0.3, -0.25) is 4.98 Å². The second kappa shape index (κ2) is 9.22. The zero-order valence-electron chi connectivity index (χ0n) is 11.2. The second-order valence-corrected chi connectivity index (χ2v) is 3.80. The van der Waals surface area contributed by atoms with Gasteiger partial charge in [0.1, 0.15) is 0 Å². The Morgan fingerprint density at radius 1 is 1.39 bits per heavy atom. The van der Waals surface area contributed by atoms with Crippen LogP contribution >= 0.6 is 0 Å². The van der Waals surface area contributed by atoms with Crippen molar-refractivity contribution in [2.24, 2.45) is 4.99 Å². The number of aromatic nitrogens is 1. The minimum Gasteiger partial charge on any atom is -0.357 e. The van der Waals surface area contributed by atoms with Gasteiger partial charge < -0.3 is 10.6 Å². The Bertz CT molecular complexity index is 371. The number of allylic oxidation sites excluding steroid dienone is 1. The van der Waals surface area contributed by atoms with Gasteiger partial charge in [-0.25, -0.2) is 4.99 Å². The van der Waals surface area contributed by atoms with Crippen LogP contribution in [0.15, 0.2) is 41.5 Å². The number of rotatable bonds is 6. The summed E-state index contributed by atoms with van der Waals surface area (Å²) in [4.78, 5) is 8.74. The average molecular weight is 246 g/mol. The molecule has 0 saturated heterocycles. The first-order valence-corrected chi connectivity index (χ1v) is 6.40. The first kappa shape index (κ1) is 14.2. The third-order valence-electron chi connectivity index (χ3n) is 2.31. The van der Waals surface area contributed by atoms with Gasteiger partial charge >= 0.3 is 0 Å². The summed E-state index contributed by atoms with van der Waals surface area (Å²) in [5, 5.41) is 6.50. The third kappa shape index (κ3) is 6.03. The Balaban J connectivity index is 2.44. The van der Waals surface area contributed by atoms with Crippen molar-refractivity contribution in [2.45, 2.75) is 26.8 Å². The molecule has 0 radical (unpaired) electrons. The van der Waals surface area contributed by atoms with Crippen molar-refractivity contribution in [2.75, 3.05) is 13.1 Å². The molecule has 1 aromatic heterocycles. The third-order valence-corrected chi connectivity index (χ3v) is 2.31. The van der Waals surface area contributed by atoms with Crippen molar-refractivity contribution in [3.05, 3.63) is 42.2 Å². The Morgan fingerprint density at radius 2 is 2.28 bits per heavy atom. The molecule has 0 saturated carbocycles. The van der Waals surface area contributed by atoms with Gasteiger partial charge in [0.15, 0.2) is 5.96 Å². The highest BCUT2D eigenvalue weighted by Crippen LogP contribution is 1.95. The minimum atomic E-state index is 0.597. The molecule has 0 atom stereocenters. The second-order valence-electron chi connectivity index (χ2n) is 3.80. The highest BCUT2D eigenvalue weighted by molar-refractivity contribution is 5.79. The SMILES string of the molecule is CC=CCCNC(=NCc1ccccn1)NCC. The van der Waals surface area contributed by atoms with Crippen LogP contribution in [-0.4, -0.2) is 24.0 Å². The summed E-state index contributed by atoms with van der Waals surface area (Å²) >= 11 is 0. The number of nitrogens with zero attached hydrogens (tertiary/aromatic N) is 2. The van der Waals surface area contributed by atoms with Crippen LogP contribution in [0.3, 0.4) is 0 Å². The van der Waals surface area contributed by atoms with Gasteiger partial charge in [0.2, 0.25) is 0 Å². The minimum absolute atomic E-state index is 0.597. The Kier molecular flexibility index (Phi) is 7.28. The Morgan fingerprint density at radius 3 is 2.94 bits per heavy atom. The zero-order valence-corrected chi connectivity index (χ0v) is 11.2. The lowest BCUT2D eigenvalue weighted by Crippen LogP contribution is -2.37. The predicted molar refractivity (Wildman–Crippen MR) is 76.5 cm³/mol. The molecule has 98 valence electrons. The quantitative estimate of drug-likeness (QED) is 0.350. The van der Waals surface area contributed by atoms with E-state index in [0.717, 1.165) is 31.2 Å². The fourth-order valence-electron chi connectivity index (χ4n) is 1.43. The molecule has 4 heteroatoms. The van der Waals surface area contributed by atoms with Crippen molar-refractivity contribution < 1.29 is 0 Å². The van der Waals surface area contributed by atoms with Gasteiger partial charge in [0, 0.05) is 19.3 Å². The molecule has 0 aliphatic heterocycles. The molecular weight excluding hydrogens is 224 g/mol. The van der Waals surface area contributed by atoms with Crippen LogP contribution in [0.2, 0.25) is 0 Å². The number of guanidine groups is 1. The zero-order chi connectivity index (χ0) is 13.1. The number of hydrogen-bond donors (Lipinski definition) is 2. The van der Waals surface area contributed by atoms with E-state index in [9.17, 15) is 0 Å². The van der Waals surface area contributed by atoms with Crippen molar-refractivity contribution in [1.82, 2.24) is 15.6 Å². The summed E-state index contributed by atoms with van der Waals surface area (Å²) < 4.78 is 0. The van der Waals surface area contributed by atoms with Crippen molar-refractivity contribution in [3.8, 4) is 0 Å². The molecule has 0 fully saturated rings. The predicted octanol–water partition coefficient (Wildman–Crippen LogP) is 2.10. The van der Waals surface area contributed by atoms with E-state index in [2.05, 4.69) is 39.7 Å². The van der Waals surface area contributed by atoms with E-state index < -0.39 is 0 Å². The Hall–Kier alpha value is -1.84. The first-order chi connectivity index (χ1) is 8.86. The largest absolute Gasteiger partial charge is 0.357 e. The molecule has 0 aromatic carbocycles. The number of nitrogens with one attached hydrogen (secondary N) is 2. The summed E-state index contributed by atoms with van der Waals surface area (Å²) in [6, 6.07) is 5.87. The molecule has 0 aliphatic rings. The molecule has 0 amide bonds. The van der Waals surface area contributed by atoms with Crippen LogP contribution in [0.5, 0.6) is 0 Å². The van der Waals surface area contributed by atoms with Crippen LogP contribution in [0.1, 0.15) is 26.0 Å². The number of aliphatic imine (C=N–C) groups is 1. The lowest BCUT2D eigenvalue weighted by molar-refractivity contribution is 0.806. The fourth-order valence-corrected chi connectivity index (χ4v) is 1.43. The van der Waals surface area contributed by atoms with Crippen LogP contribution < -0.4 is 10.6 Å². The smallest absolute Gasteiger partial charge is 0.191 e. The first-order valence-electron chi connectivity index (χ1n) is 6.40. The van der Waals surface area contributed by atoms with E-state index >= 15 is 0 Å². The van der Waals surface area contributed by atoms with Crippen LogP contribution in [0, 0.1) is 0 Å².